The summed E-state index contributed by atoms with van der Waals surface area (Å²) in [6.07, 6.45) is 1.76. The highest BCUT2D eigenvalue weighted by Crippen LogP contribution is 2.15. The molecule has 6 nitrogen and oxygen atoms in total. The molecule has 0 amide bonds. The van der Waals surface area contributed by atoms with Gasteiger partial charge in [-0.05, 0) is 62.8 Å². The standard InChI is InChI=1S/C22H25N5OS/c1-15-5-7-18(8-6-15)14-27-17(3)21(16(2)26-27)13-23-25-22(29)24-19-9-11-20(28-4)12-10-19/h5-13H,14H2,1-4H3,(H2,24,25,29)/b23-13+. The SMILES string of the molecule is COc1ccc(NC(=S)N/N=C/c2c(C)nn(Cc3ccc(C)cc3)c2C)cc1. The summed E-state index contributed by atoms with van der Waals surface area (Å²) in [7, 11) is 1.64. The van der Waals surface area contributed by atoms with Crippen molar-refractivity contribution in [1.29, 1.82) is 0 Å². The molecule has 0 fully saturated rings. The van der Waals surface area contributed by atoms with Gasteiger partial charge in [-0.15, -0.1) is 0 Å². The first kappa shape index (κ1) is 20.5. The number of nitrogens with zero attached hydrogens (tertiary/aromatic N) is 3. The van der Waals surface area contributed by atoms with Gasteiger partial charge in [-0.2, -0.15) is 10.2 Å². The van der Waals surface area contributed by atoms with E-state index >= 15 is 0 Å². The van der Waals surface area contributed by atoms with Crippen LogP contribution in [0.1, 0.15) is 28.1 Å². The second kappa shape index (κ2) is 9.34. The van der Waals surface area contributed by atoms with Crippen LogP contribution in [0.4, 0.5) is 5.69 Å². The van der Waals surface area contributed by atoms with Crippen LogP contribution in [0.5, 0.6) is 5.75 Å². The molecule has 1 aromatic heterocycles. The van der Waals surface area contributed by atoms with Crippen LogP contribution in [0.15, 0.2) is 53.6 Å². The average Bonchev–Trinajstić information content (AvgIpc) is 2.97. The van der Waals surface area contributed by atoms with Gasteiger partial charge < -0.3 is 10.1 Å². The van der Waals surface area contributed by atoms with Gasteiger partial charge in [0.2, 0.25) is 0 Å². The van der Waals surface area contributed by atoms with Gasteiger partial charge in [-0.1, -0.05) is 29.8 Å². The molecule has 0 saturated heterocycles. The molecule has 0 aliphatic heterocycles. The van der Waals surface area contributed by atoms with Crippen molar-refractivity contribution in [2.45, 2.75) is 27.3 Å². The Morgan fingerprint density at radius 1 is 1.10 bits per heavy atom. The van der Waals surface area contributed by atoms with E-state index in [-0.39, 0.29) is 0 Å². The van der Waals surface area contributed by atoms with Gasteiger partial charge in [-0.3, -0.25) is 10.1 Å². The Morgan fingerprint density at radius 3 is 2.45 bits per heavy atom. The zero-order valence-electron chi connectivity index (χ0n) is 17.1. The normalized spacial score (nSPS) is 10.9. The van der Waals surface area contributed by atoms with E-state index in [1.165, 1.54) is 11.1 Å². The summed E-state index contributed by atoms with van der Waals surface area (Å²) in [5, 5.41) is 12.4. The minimum atomic E-state index is 0.411. The van der Waals surface area contributed by atoms with Gasteiger partial charge >= 0.3 is 0 Å². The molecule has 3 rings (SSSR count). The fourth-order valence-electron chi connectivity index (χ4n) is 2.91. The largest absolute Gasteiger partial charge is 0.497 e. The van der Waals surface area contributed by atoms with E-state index < -0.39 is 0 Å². The first-order chi connectivity index (χ1) is 14.0. The van der Waals surface area contributed by atoms with Crippen molar-refractivity contribution in [2.24, 2.45) is 5.10 Å². The third-order valence-corrected chi connectivity index (χ3v) is 4.79. The minimum Gasteiger partial charge on any atom is -0.497 e. The van der Waals surface area contributed by atoms with Crippen molar-refractivity contribution in [3.8, 4) is 5.75 Å². The van der Waals surface area contributed by atoms with Gasteiger partial charge in [0.15, 0.2) is 5.11 Å². The average molecular weight is 408 g/mol. The lowest BCUT2D eigenvalue weighted by Crippen LogP contribution is -2.23. The van der Waals surface area contributed by atoms with E-state index in [4.69, 9.17) is 17.0 Å². The third kappa shape index (κ3) is 5.42. The second-order valence-electron chi connectivity index (χ2n) is 6.78. The molecule has 7 heteroatoms. The highest BCUT2D eigenvalue weighted by atomic mass is 32.1. The van der Waals surface area contributed by atoms with Crippen molar-refractivity contribution in [3.63, 3.8) is 0 Å². The molecule has 0 unspecified atom stereocenters. The number of hydrogen-bond acceptors (Lipinski definition) is 4. The molecule has 2 N–H and O–H groups in total. The number of ether oxygens (including phenoxy) is 1. The Bertz CT molecular complexity index is 1010. The van der Waals surface area contributed by atoms with Crippen LogP contribution in [0, 0.1) is 20.8 Å². The Labute approximate surface area is 176 Å². The number of thiocarbonyl (C=S) groups is 1. The first-order valence-corrected chi connectivity index (χ1v) is 9.70. The molecule has 0 radical (unpaired) electrons. The van der Waals surface area contributed by atoms with Crippen molar-refractivity contribution in [2.75, 3.05) is 12.4 Å². The highest BCUT2D eigenvalue weighted by molar-refractivity contribution is 7.80. The molecule has 0 aliphatic carbocycles. The number of aryl methyl sites for hydroxylation is 2. The summed E-state index contributed by atoms with van der Waals surface area (Å²) >= 11 is 5.29. The predicted molar refractivity (Wildman–Crippen MR) is 122 cm³/mol. The summed E-state index contributed by atoms with van der Waals surface area (Å²) in [4.78, 5) is 0. The van der Waals surface area contributed by atoms with Crippen LogP contribution < -0.4 is 15.5 Å². The molecular formula is C22H25N5OS. The number of anilines is 1. The maximum absolute atomic E-state index is 5.29. The molecular weight excluding hydrogens is 382 g/mol. The molecule has 0 spiro atoms. The lowest BCUT2D eigenvalue weighted by Gasteiger charge is -2.07. The molecule has 0 saturated carbocycles. The second-order valence-corrected chi connectivity index (χ2v) is 7.19. The van der Waals surface area contributed by atoms with Crippen LogP contribution in [0.25, 0.3) is 0 Å². The van der Waals surface area contributed by atoms with Crippen molar-refractivity contribution in [1.82, 2.24) is 15.2 Å². The molecule has 150 valence electrons. The molecule has 2 aromatic carbocycles. The number of hydrogen-bond donors (Lipinski definition) is 2. The molecule has 29 heavy (non-hydrogen) atoms. The van der Waals surface area contributed by atoms with E-state index in [1.54, 1.807) is 13.3 Å². The molecule has 0 aliphatic rings. The summed E-state index contributed by atoms with van der Waals surface area (Å²) in [5.41, 5.74) is 9.14. The Kier molecular flexibility index (Phi) is 6.61. The summed E-state index contributed by atoms with van der Waals surface area (Å²) in [6.45, 7) is 6.84. The summed E-state index contributed by atoms with van der Waals surface area (Å²) in [5.74, 6) is 0.793. The molecule has 3 aromatic rings. The van der Waals surface area contributed by atoms with Crippen molar-refractivity contribution in [3.05, 3.63) is 76.6 Å². The maximum Gasteiger partial charge on any atom is 0.191 e. The summed E-state index contributed by atoms with van der Waals surface area (Å²) in [6, 6.07) is 16.0. The zero-order valence-corrected chi connectivity index (χ0v) is 17.9. The predicted octanol–water partition coefficient (Wildman–Crippen LogP) is 4.19. The van der Waals surface area contributed by atoms with Gasteiger partial charge in [0, 0.05) is 16.9 Å². The fourth-order valence-corrected chi connectivity index (χ4v) is 3.08. The maximum atomic E-state index is 5.29. The monoisotopic (exact) mass is 407 g/mol. The number of benzene rings is 2. The lowest BCUT2D eigenvalue weighted by molar-refractivity contribution is 0.415. The van der Waals surface area contributed by atoms with Gasteiger partial charge in [0.25, 0.3) is 0 Å². The molecule has 1 heterocycles. The third-order valence-electron chi connectivity index (χ3n) is 4.60. The number of hydrazone groups is 1. The molecule has 0 bridgehead atoms. The quantitative estimate of drug-likeness (QED) is 0.365. The van der Waals surface area contributed by atoms with Crippen molar-refractivity contribution < 1.29 is 4.74 Å². The number of rotatable bonds is 6. The Hall–Kier alpha value is -3.19. The van der Waals surface area contributed by atoms with Crippen LogP contribution in [0.3, 0.4) is 0 Å². The summed E-state index contributed by atoms with van der Waals surface area (Å²) < 4.78 is 7.14. The topological polar surface area (TPSA) is 63.5 Å². The van der Waals surface area contributed by atoms with Crippen LogP contribution in [-0.2, 0) is 6.54 Å². The lowest BCUT2D eigenvalue weighted by atomic mass is 10.1. The van der Waals surface area contributed by atoms with Gasteiger partial charge in [0.1, 0.15) is 5.75 Å². The fraction of sp³-hybridized carbons (Fsp3) is 0.227. The highest BCUT2D eigenvalue weighted by Gasteiger charge is 2.10. The first-order valence-electron chi connectivity index (χ1n) is 9.30. The van der Waals surface area contributed by atoms with E-state index in [9.17, 15) is 0 Å². The number of nitrogens with one attached hydrogen (secondary N) is 2. The van der Waals surface area contributed by atoms with Gasteiger partial charge in [-0.25, -0.2) is 0 Å². The van der Waals surface area contributed by atoms with Crippen LogP contribution in [-0.4, -0.2) is 28.2 Å². The van der Waals surface area contributed by atoms with E-state index in [2.05, 4.69) is 52.1 Å². The number of aromatic nitrogens is 2. The van der Waals surface area contributed by atoms with Crippen LogP contribution in [0.2, 0.25) is 0 Å². The minimum absolute atomic E-state index is 0.411. The zero-order chi connectivity index (χ0) is 20.8. The Balaban J connectivity index is 1.61. The van der Waals surface area contributed by atoms with Crippen LogP contribution >= 0.6 is 12.2 Å². The molecule has 0 atom stereocenters. The Morgan fingerprint density at radius 2 is 1.79 bits per heavy atom. The smallest absolute Gasteiger partial charge is 0.191 e. The number of methoxy groups -OCH3 is 1. The van der Waals surface area contributed by atoms with E-state index in [1.807, 2.05) is 42.8 Å². The van der Waals surface area contributed by atoms with E-state index in [0.717, 1.165) is 34.9 Å². The van der Waals surface area contributed by atoms with Crippen molar-refractivity contribution >= 4 is 29.2 Å². The van der Waals surface area contributed by atoms with E-state index in [0.29, 0.717) is 5.11 Å². The van der Waals surface area contributed by atoms with Gasteiger partial charge in [0.05, 0.1) is 25.6 Å².